The summed E-state index contributed by atoms with van der Waals surface area (Å²) in [5.74, 6) is 0.339. The van der Waals surface area contributed by atoms with Crippen LogP contribution in [0.1, 0.15) is 0 Å². The van der Waals surface area contributed by atoms with E-state index in [1.165, 1.54) is 24.3 Å². The minimum Gasteiger partial charge on any atom is -0.508 e. The Hall–Kier alpha value is -1.26. The van der Waals surface area contributed by atoms with Crippen LogP contribution in [0.3, 0.4) is 0 Å². The molecule has 0 saturated carbocycles. The molecule has 0 bridgehead atoms. The van der Waals surface area contributed by atoms with Crippen LogP contribution in [0.5, 0.6) is 11.5 Å². The summed E-state index contributed by atoms with van der Waals surface area (Å²) in [6.07, 6.45) is 0. The van der Waals surface area contributed by atoms with Crippen molar-refractivity contribution in [2.75, 3.05) is 0 Å². The van der Waals surface area contributed by atoms with E-state index >= 15 is 0 Å². The van der Waals surface area contributed by atoms with Gasteiger partial charge in [-0.05, 0) is 24.3 Å². The van der Waals surface area contributed by atoms with Crippen molar-refractivity contribution in [2.24, 2.45) is 0 Å². The Morgan fingerprint density at radius 3 is 1.10 bits per heavy atom. The molecule has 1 aromatic rings. The third-order valence-corrected chi connectivity index (χ3v) is 0.850. The zero-order valence-electron chi connectivity index (χ0n) is 5.20. The van der Waals surface area contributed by atoms with Gasteiger partial charge in [0.1, 0.15) is 11.5 Å². The van der Waals surface area contributed by atoms with Gasteiger partial charge < -0.3 is 21.2 Å². The second kappa shape index (κ2) is 4.60. The summed E-state index contributed by atoms with van der Waals surface area (Å²) in [5, 5.41) is 17.3. The van der Waals surface area contributed by atoms with Crippen molar-refractivity contribution in [3.05, 3.63) is 24.3 Å². The van der Waals surface area contributed by atoms with Gasteiger partial charge in [0, 0.05) is 0 Å². The normalized spacial score (nSPS) is 7.20. The second-order valence-corrected chi connectivity index (χ2v) is 1.52. The summed E-state index contributed by atoms with van der Waals surface area (Å²) in [4.78, 5) is 0. The van der Waals surface area contributed by atoms with Crippen molar-refractivity contribution in [3.8, 4) is 11.5 Å². The molecule has 4 heteroatoms. The van der Waals surface area contributed by atoms with Gasteiger partial charge >= 0.3 is 0 Å². The Balaban J connectivity index is 0. The average Bonchev–Trinajstić information content (AvgIpc) is 1.77. The zero-order valence-corrected chi connectivity index (χ0v) is 5.20. The number of phenols is 2. The van der Waals surface area contributed by atoms with Gasteiger partial charge in [-0.2, -0.15) is 0 Å². The molecular weight excluding hydrogens is 136 g/mol. The van der Waals surface area contributed by atoms with Gasteiger partial charge in [0.2, 0.25) is 0 Å². The molecule has 4 nitrogen and oxygen atoms in total. The summed E-state index contributed by atoms with van der Waals surface area (Å²) >= 11 is 0. The van der Waals surface area contributed by atoms with Crippen molar-refractivity contribution >= 4 is 0 Å². The summed E-state index contributed by atoms with van der Waals surface area (Å²) < 4.78 is 0. The second-order valence-electron chi connectivity index (χ2n) is 1.52. The highest BCUT2D eigenvalue weighted by atomic mass is 16.3. The topological polar surface area (TPSA) is 103 Å². The highest BCUT2D eigenvalue weighted by molar-refractivity contribution is 5.28. The molecule has 0 atom stereocenters. The lowest BCUT2D eigenvalue weighted by molar-refractivity contribution is 0.460. The molecule has 6 N–H and O–H groups in total. The molecule has 0 aliphatic rings. The molecule has 0 unspecified atom stereocenters. The molecule has 0 fully saturated rings. The number of phenolic OH excluding ortho intramolecular Hbond substituents is 2. The monoisotopic (exact) mass is 146 g/mol. The average molecular weight is 146 g/mol. The Kier molecular flexibility index (Phi) is 5.31. The van der Waals surface area contributed by atoms with E-state index in [-0.39, 0.29) is 22.5 Å². The van der Waals surface area contributed by atoms with Gasteiger partial charge in [0.25, 0.3) is 0 Å². The smallest absolute Gasteiger partial charge is 0.115 e. The number of benzene rings is 1. The summed E-state index contributed by atoms with van der Waals surface area (Å²) in [6.45, 7) is 0. The predicted octanol–water partition coefficient (Wildman–Crippen LogP) is -0.552. The molecule has 0 aromatic heterocycles. The van der Waals surface area contributed by atoms with E-state index in [0.29, 0.717) is 0 Å². The van der Waals surface area contributed by atoms with Gasteiger partial charge in [-0.15, -0.1) is 0 Å². The molecule has 0 aliphatic carbocycles. The standard InChI is InChI=1S/C6H6O2.2H2O/c7-5-1-2-6(8)4-3-5;;/h1-4,7-8H;2*1H2. The van der Waals surface area contributed by atoms with Crippen LogP contribution >= 0.6 is 0 Å². The maximum Gasteiger partial charge on any atom is 0.115 e. The highest BCUT2D eigenvalue weighted by Gasteiger charge is 1.84. The predicted molar refractivity (Wildman–Crippen MR) is 37.0 cm³/mol. The minimum absolute atomic E-state index is 0. The van der Waals surface area contributed by atoms with Gasteiger partial charge in [0.05, 0.1) is 0 Å². The number of rotatable bonds is 0. The van der Waals surface area contributed by atoms with Crippen LogP contribution in [-0.2, 0) is 0 Å². The van der Waals surface area contributed by atoms with Crippen LogP contribution in [0.25, 0.3) is 0 Å². The van der Waals surface area contributed by atoms with E-state index in [1.807, 2.05) is 0 Å². The Labute approximate surface area is 58.0 Å². The summed E-state index contributed by atoms with van der Waals surface area (Å²) in [6, 6.07) is 5.70. The first-order valence-electron chi connectivity index (χ1n) is 2.27. The van der Waals surface area contributed by atoms with Crippen molar-refractivity contribution in [3.63, 3.8) is 0 Å². The fraction of sp³-hybridized carbons (Fsp3) is 0. The maximum absolute atomic E-state index is 8.65. The Morgan fingerprint density at radius 2 is 0.900 bits per heavy atom. The van der Waals surface area contributed by atoms with E-state index in [1.54, 1.807) is 0 Å². The van der Waals surface area contributed by atoms with Crippen LogP contribution < -0.4 is 0 Å². The molecule has 58 valence electrons. The lowest BCUT2D eigenvalue weighted by Crippen LogP contribution is -1.61. The van der Waals surface area contributed by atoms with E-state index < -0.39 is 0 Å². The van der Waals surface area contributed by atoms with Crippen molar-refractivity contribution < 1.29 is 21.2 Å². The summed E-state index contributed by atoms with van der Waals surface area (Å²) in [7, 11) is 0. The van der Waals surface area contributed by atoms with Gasteiger partial charge in [-0.1, -0.05) is 0 Å². The Bertz CT molecular complexity index is 149. The molecule has 10 heavy (non-hydrogen) atoms. The van der Waals surface area contributed by atoms with Crippen molar-refractivity contribution in [2.45, 2.75) is 0 Å². The van der Waals surface area contributed by atoms with E-state index in [9.17, 15) is 0 Å². The molecule has 1 aromatic carbocycles. The molecular formula is C6H10O4. The SMILES string of the molecule is O.O.Oc1ccc(O)cc1. The van der Waals surface area contributed by atoms with E-state index in [0.717, 1.165) is 0 Å². The van der Waals surface area contributed by atoms with Gasteiger partial charge in [-0.25, -0.2) is 0 Å². The number of aromatic hydroxyl groups is 2. The first-order valence-corrected chi connectivity index (χ1v) is 2.27. The van der Waals surface area contributed by atoms with Crippen LogP contribution in [0.15, 0.2) is 24.3 Å². The van der Waals surface area contributed by atoms with Crippen molar-refractivity contribution in [1.82, 2.24) is 0 Å². The van der Waals surface area contributed by atoms with Crippen LogP contribution in [0, 0.1) is 0 Å². The first-order chi connectivity index (χ1) is 3.79. The first kappa shape index (κ1) is 11.5. The molecule has 0 saturated heterocycles. The van der Waals surface area contributed by atoms with Crippen LogP contribution in [0.4, 0.5) is 0 Å². The van der Waals surface area contributed by atoms with E-state index in [4.69, 9.17) is 10.2 Å². The van der Waals surface area contributed by atoms with E-state index in [2.05, 4.69) is 0 Å². The Morgan fingerprint density at radius 1 is 0.700 bits per heavy atom. The quantitative estimate of drug-likeness (QED) is 0.479. The molecule has 0 radical (unpaired) electrons. The lowest BCUT2D eigenvalue weighted by atomic mass is 10.3. The zero-order chi connectivity index (χ0) is 5.98. The molecule has 0 spiro atoms. The van der Waals surface area contributed by atoms with Gasteiger partial charge in [-0.3, -0.25) is 0 Å². The molecule has 0 heterocycles. The fourth-order valence-corrected chi connectivity index (χ4v) is 0.453. The molecule has 0 amide bonds. The molecule has 0 aliphatic heterocycles. The third-order valence-electron chi connectivity index (χ3n) is 0.850. The van der Waals surface area contributed by atoms with Crippen molar-refractivity contribution in [1.29, 1.82) is 0 Å². The van der Waals surface area contributed by atoms with Gasteiger partial charge in [0.15, 0.2) is 0 Å². The maximum atomic E-state index is 8.65. The summed E-state index contributed by atoms with van der Waals surface area (Å²) in [5.41, 5.74) is 0. The number of hydrogen-bond donors (Lipinski definition) is 2. The minimum atomic E-state index is 0. The lowest BCUT2D eigenvalue weighted by Gasteiger charge is -1.88. The van der Waals surface area contributed by atoms with Crippen LogP contribution in [-0.4, -0.2) is 21.2 Å². The largest absolute Gasteiger partial charge is 0.508 e. The van der Waals surface area contributed by atoms with Crippen LogP contribution in [0.2, 0.25) is 0 Å². The third kappa shape index (κ3) is 2.91. The fourth-order valence-electron chi connectivity index (χ4n) is 0.453. The highest BCUT2D eigenvalue weighted by Crippen LogP contribution is 2.13. The molecule has 1 rings (SSSR count). The number of hydrogen-bond acceptors (Lipinski definition) is 2.